The number of primary amides is 1. The van der Waals surface area contributed by atoms with Gasteiger partial charge in [0.1, 0.15) is 0 Å². The van der Waals surface area contributed by atoms with E-state index < -0.39 is 5.97 Å². The molecule has 0 aliphatic carbocycles. The van der Waals surface area contributed by atoms with Crippen LogP contribution in [0, 0.1) is 0 Å². The number of nitrogens with two attached hydrogens (primary N) is 1. The summed E-state index contributed by atoms with van der Waals surface area (Å²) in [6.07, 6.45) is 3.44. The third kappa shape index (κ3) is 5.39. The van der Waals surface area contributed by atoms with Gasteiger partial charge in [0, 0.05) is 13.0 Å². The maximum Gasteiger partial charge on any atom is 0.358 e. The van der Waals surface area contributed by atoms with Gasteiger partial charge in [0.25, 0.3) is 0 Å². The van der Waals surface area contributed by atoms with Gasteiger partial charge in [-0.05, 0) is 19.4 Å². The third-order valence-electron chi connectivity index (χ3n) is 2.30. The summed E-state index contributed by atoms with van der Waals surface area (Å²) in [6, 6.07) is 0. The van der Waals surface area contributed by atoms with Crippen LogP contribution in [0.1, 0.15) is 29.8 Å². The van der Waals surface area contributed by atoms with E-state index in [1.165, 1.54) is 10.9 Å². The van der Waals surface area contributed by atoms with Gasteiger partial charge in [-0.3, -0.25) is 9.48 Å². The number of aromatic carboxylic acids is 1. The second kappa shape index (κ2) is 7.38. The molecule has 0 aliphatic heterocycles. The van der Waals surface area contributed by atoms with E-state index >= 15 is 0 Å². The number of unbranched alkanes of at least 4 members (excludes halogenated alkanes) is 1. The zero-order chi connectivity index (χ0) is 13.4. The van der Waals surface area contributed by atoms with Crippen molar-refractivity contribution in [2.24, 2.45) is 5.73 Å². The van der Waals surface area contributed by atoms with Gasteiger partial charge in [-0.2, -0.15) is 0 Å². The Morgan fingerprint density at radius 1 is 1.39 bits per heavy atom. The molecule has 0 unspecified atom stereocenters. The van der Waals surface area contributed by atoms with Gasteiger partial charge in [-0.25, -0.2) is 4.79 Å². The van der Waals surface area contributed by atoms with Crippen LogP contribution in [-0.4, -0.2) is 45.1 Å². The van der Waals surface area contributed by atoms with E-state index in [2.05, 4.69) is 15.6 Å². The van der Waals surface area contributed by atoms with Crippen LogP contribution < -0.4 is 11.1 Å². The maximum absolute atomic E-state index is 10.5. The Morgan fingerprint density at radius 2 is 2.17 bits per heavy atom. The SMILES string of the molecule is NC(=O)CCCCNCCn1cc(C(=O)O)nn1. The van der Waals surface area contributed by atoms with E-state index in [1.807, 2.05) is 0 Å². The molecule has 0 saturated carbocycles. The molecule has 0 spiro atoms. The number of rotatable bonds is 9. The van der Waals surface area contributed by atoms with E-state index in [9.17, 15) is 9.59 Å². The maximum atomic E-state index is 10.5. The molecule has 1 aromatic heterocycles. The molecule has 4 N–H and O–H groups in total. The first-order valence-corrected chi connectivity index (χ1v) is 5.72. The van der Waals surface area contributed by atoms with E-state index in [1.54, 1.807) is 0 Å². The molecule has 100 valence electrons. The lowest BCUT2D eigenvalue weighted by Gasteiger charge is -2.03. The van der Waals surface area contributed by atoms with Crippen molar-refractivity contribution in [3.05, 3.63) is 11.9 Å². The molecule has 0 radical (unpaired) electrons. The highest BCUT2D eigenvalue weighted by Gasteiger charge is 2.07. The average Bonchev–Trinajstić information content (AvgIpc) is 2.76. The lowest BCUT2D eigenvalue weighted by Crippen LogP contribution is -2.21. The molecule has 0 aliphatic rings. The number of carbonyl (C=O) groups excluding carboxylic acids is 1. The van der Waals surface area contributed by atoms with Gasteiger partial charge in [-0.1, -0.05) is 5.21 Å². The van der Waals surface area contributed by atoms with Crippen LogP contribution in [0.25, 0.3) is 0 Å². The molecule has 0 bridgehead atoms. The zero-order valence-electron chi connectivity index (χ0n) is 10.0. The molecule has 8 nitrogen and oxygen atoms in total. The summed E-state index contributed by atoms with van der Waals surface area (Å²) in [4.78, 5) is 21.0. The summed E-state index contributed by atoms with van der Waals surface area (Å²) >= 11 is 0. The number of hydrogen-bond donors (Lipinski definition) is 3. The van der Waals surface area contributed by atoms with E-state index in [4.69, 9.17) is 10.8 Å². The predicted octanol–water partition coefficient (Wildman–Crippen LogP) is -0.778. The number of carboxylic acid groups (broad SMARTS) is 1. The Bertz CT molecular complexity index is 404. The van der Waals surface area contributed by atoms with Gasteiger partial charge in [-0.15, -0.1) is 5.10 Å². The van der Waals surface area contributed by atoms with Crippen molar-refractivity contribution in [2.45, 2.75) is 25.8 Å². The first-order valence-electron chi connectivity index (χ1n) is 5.72. The van der Waals surface area contributed by atoms with Gasteiger partial charge in [0.2, 0.25) is 5.91 Å². The Morgan fingerprint density at radius 3 is 2.78 bits per heavy atom. The third-order valence-corrected chi connectivity index (χ3v) is 2.30. The largest absolute Gasteiger partial charge is 0.476 e. The summed E-state index contributed by atoms with van der Waals surface area (Å²) in [5.41, 5.74) is 4.95. The van der Waals surface area contributed by atoms with Crippen molar-refractivity contribution in [3.63, 3.8) is 0 Å². The Kier molecular flexibility index (Phi) is 5.78. The second-order valence-electron chi connectivity index (χ2n) is 3.85. The molecule has 1 rings (SSSR count). The van der Waals surface area contributed by atoms with Crippen LogP contribution in [0.5, 0.6) is 0 Å². The quantitative estimate of drug-likeness (QED) is 0.497. The average molecular weight is 255 g/mol. The highest BCUT2D eigenvalue weighted by molar-refractivity contribution is 5.84. The Balaban J connectivity index is 2.07. The minimum Gasteiger partial charge on any atom is -0.476 e. The monoisotopic (exact) mass is 255 g/mol. The number of nitrogens with one attached hydrogen (secondary N) is 1. The van der Waals surface area contributed by atoms with Crippen LogP contribution in [-0.2, 0) is 11.3 Å². The van der Waals surface area contributed by atoms with E-state index in [0.29, 0.717) is 19.5 Å². The Hall–Kier alpha value is -1.96. The molecule has 0 atom stereocenters. The molecular weight excluding hydrogens is 238 g/mol. The number of aromatic nitrogens is 3. The topological polar surface area (TPSA) is 123 Å². The van der Waals surface area contributed by atoms with Gasteiger partial charge >= 0.3 is 5.97 Å². The summed E-state index contributed by atoms with van der Waals surface area (Å²) in [5.74, 6) is -1.36. The van der Waals surface area contributed by atoms with E-state index in [-0.39, 0.29) is 11.6 Å². The minimum absolute atomic E-state index is 0.0588. The fourth-order valence-electron chi connectivity index (χ4n) is 1.37. The molecule has 0 saturated heterocycles. The lowest BCUT2D eigenvalue weighted by molar-refractivity contribution is -0.118. The van der Waals surface area contributed by atoms with Gasteiger partial charge in [0.05, 0.1) is 12.7 Å². The molecule has 18 heavy (non-hydrogen) atoms. The van der Waals surface area contributed by atoms with Crippen molar-refractivity contribution < 1.29 is 14.7 Å². The van der Waals surface area contributed by atoms with Crippen LogP contribution in [0.3, 0.4) is 0 Å². The van der Waals surface area contributed by atoms with Crippen molar-refractivity contribution >= 4 is 11.9 Å². The van der Waals surface area contributed by atoms with E-state index in [0.717, 1.165) is 19.4 Å². The van der Waals surface area contributed by atoms with Crippen molar-refractivity contribution in [3.8, 4) is 0 Å². The lowest BCUT2D eigenvalue weighted by atomic mass is 10.2. The fourth-order valence-corrected chi connectivity index (χ4v) is 1.37. The standard InChI is InChI=1S/C10H17N5O3/c11-9(16)3-1-2-4-12-5-6-15-7-8(10(17)18)13-14-15/h7,12H,1-6H2,(H2,11,16)(H,17,18). The van der Waals surface area contributed by atoms with Crippen LogP contribution >= 0.6 is 0 Å². The van der Waals surface area contributed by atoms with Crippen molar-refractivity contribution in [1.29, 1.82) is 0 Å². The van der Waals surface area contributed by atoms with Gasteiger partial charge in [0.15, 0.2) is 5.69 Å². The number of carboxylic acids is 1. The number of amides is 1. The highest BCUT2D eigenvalue weighted by Crippen LogP contribution is 1.93. The van der Waals surface area contributed by atoms with Crippen molar-refractivity contribution in [2.75, 3.05) is 13.1 Å². The first kappa shape index (κ1) is 14.1. The Labute approximate surface area is 104 Å². The zero-order valence-corrected chi connectivity index (χ0v) is 10.0. The smallest absolute Gasteiger partial charge is 0.358 e. The minimum atomic E-state index is -1.08. The van der Waals surface area contributed by atoms with Gasteiger partial charge < -0.3 is 16.2 Å². The number of nitrogens with zero attached hydrogens (tertiary/aromatic N) is 3. The molecule has 1 heterocycles. The molecule has 1 aromatic rings. The van der Waals surface area contributed by atoms with Crippen LogP contribution in [0.4, 0.5) is 0 Å². The van der Waals surface area contributed by atoms with Crippen molar-refractivity contribution in [1.82, 2.24) is 20.3 Å². The summed E-state index contributed by atoms with van der Waals surface area (Å²) < 4.78 is 1.47. The second-order valence-corrected chi connectivity index (χ2v) is 3.85. The summed E-state index contributed by atoms with van der Waals surface area (Å²) in [5, 5.41) is 19.0. The molecular formula is C10H17N5O3. The number of hydrogen-bond acceptors (Lipinski definition) is 5. The molecule has 8 heteroatoms. The molecule has 0 aromatic carbocycles. The fraction of sp³-hybridized carbons (Fsp3) is 0.600. The molecule has 0 fully saturated rings. The first-order chi connectivity index (χ1) is 8.59. The summed E-state index contributed by atoms with van der Waals surface area (Å²) in [6.45, 7) is 2.00. The predicted molar refractivity (Wildman–Crippen MR) is 62.9 cm³/mol. The molecule has 1 amide bonds. The van der Waals surface area contributed by atoms with Crippen LogP contribution in [0.15, 0.2) is 6.20 Å². The summed E-state index contributed by atoms with van der Waals surface area (Å²) in [7, 11) is 0. The normalized spacial score (nSPS) is 10.4. The van der Waals surface area contributed by atoms with Crippen LogP contribution in [0.2, 0.25) is 0 Å². The highest BCUT2D eigenvalue weighted by atomic mass is 16.4. The number of carbonyl (C=O) groups is 2.